The number of aliphatic hydroxyl groups excluding tert-OH is 1. The largest absolute Gasteiger partial charge is 0.460 e. The summed E-state index contributed by atoms with van der Waals surface area (Å²) in [5, 5.41) is 9.28. The minimum atomic E-state index is -6.90. The molecule has 0 aromatic carbocycles. The molecule has 0 radical (unpaired) electrons. The Kier molecular flexibility index (Phi) is 8.38. The lowest BCUT2D eigenvalue weighted by Crippen LogP contribution is -2.61. The monoisotopic (exact) mass is 376 g/mol. The topological polar surface area (TPSA) is 20.2 Å². The molecule has 0 heterocycles. The maximum Gasteiger partial charge on any atom is 0.460 e. The maximum absolute atomic E-state index is 13.3. The van der Waals surface area contributed by atoms with E-state index in [1.807, 2.05) is 6.92 Å². The van der Waals surface area contributed by atoms with Crippen LogP contribution >= 0.6 is 0 Å². The van der Waals surface area contributed by atoms with Gasteiger partial charge in [0.25, 0.3) is 0 Å². The molecule has 0 amide bonds. The number of unbranched alkanes of at least 4 members (excludes halogenated alkanes) is 5. The van der Waals surface area contributed by atoms with Crippen LogP contribution in [-0.2, 0) is 0 Å². The Hall–Kier alpha value is -0.670. The summed E-state index contributed by atoms with van der Waals surface area (Å²) in [6, 6.07) is 0. The highest BCUT2D eigenvalue weighted by atomic mass is 19.4. The van der Waals surface area contributed by atoms with Crippen LogP contribution < -0.4 is 0 Å². The van der Waals surface area contributed by atoms with Gasteiger partial charge in [-0.05, 0) is 6.42 Å². The van der Waals surface area contributed by atoms with Gasteiger partial charge in [0, 0.05) is 6.42 Å². The predicted octanol–water partition coefficient (Wildman–Crippen LogP) is 5.96. The Labute approximate surface area is 134 Å². The van der Waals surface area contributed by atoms with E-state index in [1.54, 1.807) is 0 Å². The number of aliphatic hydroxyl groups is 1. The zero-order valence-electron chi connectivity index (χ0n) is 13.1. The summed E-state index contributed by atoms with van der Waals surface area (Å²) in [6.45, 7) is 1.96. The van der Waals surface area contributed by atoms with Gasteiger partial charge < -0.3 is 5.11 Å². The first-order valence-corrected chi connectivity index (χ1v) is 7.59. The highest BCUT2D eigenvalue weighted by Crippen LogP contribution is 2.54. The molecule has 10 heteroatoms. The van der Waals surface area contributed by atoms with Gasteiger partial charge in [-0.25, -0.2) is 0 Å². The van der Waals surface area contributed by atoms with Crippen LogP contribution in [0.25, 0.3) is 0 Å². The molecular formula is C14H21F9O. The smallest absolute Gasteiger partial charge is 0.393 e. The average molecular weight is 376 g/mol. The van der Waals surface area contributed by atoms with Crippen molar-refractivity contribution in [1.29, 1.82) is 0 Å². The highest BCUT2D eigenvalue weighted by molar-refractivity contribution is 5.00. The van der Waals surface area contributed by atoms with Crippen LogP contribution in [0.15, 0.2) is 0 Å². The minimum absolute atomic E-state index is 0.183. The first-order chi connectivity index (χ1) is 10.7. The molecule has 0 aliphatic carbocycles. The normalized spacial score (nSPS) is 15.6. The van der Waals surface area contributed by atoms with E-state index in [1.165, 1.54) is 0 Å². The fourth-order valence-electron chi connectivity index (χ4n) is 2.09. The highest BCUT2D eigenvalue weighted by Gasteiger charge is 2.81. The summed E-state index contributed by atoms with van der Waals surface area (Å²) < 4.78 is 114. The van der Waals surface area contributed by atoms with E-state index in [0.717, 1.165) is 25.7 Å². The van der Waals surface area contributed by atoms with Crippen molar-refractivity contribution in [3.05, 3.63) is 0 Å². The van der Waals surface area contributed by atoms with Crippen molar-refractivity contribution in [3.8, 4) is 0 Å². The lowest BCUT2D eigenvalue weighted by atomic mass is 9.96. The molecule has 1 atom stereocenters. The van der Waals surface area contributed by atoms with E-state index in [4.69, 9.17) is 0 Å². The van der Waals surface area contributed by atoms with Gasteiger partial charge >= 0.3 is 23.9 Å². The van der Waals surface area contributed by atoms with E-state index in [9.17, 15) is 44.6 Å². The van der Waals surface area contributed by atoms with E-state index in [2.05, 4.69) is 0 Å². The van der Waals surface area contributed by atoms with Crippen LogP contribution in [0.4, 0.5) is 39.5 Å². The van der Waals surface area contributed by atoms with Crippen molar-refractivity contribution in [3.63, 3.8) is 0 Å². The standard InChI is InChI=1S/C14H21F9O/c1-2-3-4-5-6-7-8-10(24)9-11(15,16)12(17,18)13(19,20)14(21,22)23/h10,24H,2-9H2,1H3. The van der Waals surface area contributed by atoms with Crippen LogP contribution in [0.3, 0.4) is 0 Å². The number of hydrogen-bond acceptors (Lipinski definition) is 1. The molecule has 24 heavy (non-hydrogen) atoms. The van der Waals surface area contributed by atoms with Gasteiger partial charge in [0.05, 0.1) is 6.10 Å². The molecule has 0 aliphatic heterocycles. The maximum atomic E-state index is 13.3. The van der Waals surface area contributed by atoms with Crippen molar-refractivity contribution in [2.45, 2.75) is 88.3 Å². The molecule has 0 aromatic heterocycles. The summed E-state index contributed by atoms with van der Waals surface area (Å²) in [5.74, 6) is -19.3. The lowest BCUT2D eigenvalue weighted by molar-refractivity contribution is -0.398. The minimum Gasteiger partial charge on any atom is -0.393 e. The zero-order valence-corrected chi connectivity index (χ0v) is 13.1. The van der Waals surface area contributed by atoms with Gasteiger partial charge in [0.1, 0.15) is 0 Å². The van der Waals surface area contributed by atoms with E-state index in [-0.39, 0.29) is 12.8 Å². The lowest BCUT2D eigenvalue weighted by Gasteiger charge is -2.34. The van der Waals surface area contributed by atoms with Gasteiger partial charge in [-0.15, -0.1) is 0 Å². The van der Waals surface area contributed by atoms with E-state index in [0.29, 0.717) is 6.42 Å². The molecule has 0 saturated heterocycles. The number of rotatable bonds is 11. The summed E-state index contributed by atoms with van der Waals surface area (Å²) in [6.07, 6.45) is -7.30. The van der Waals surface area contributed by atoms with E-state index >= 15 is 0 Å². The Bertz CT molecular complexity index is 366. The fraction of sp³-hybridized carbons (Fsp3) is 1.00. The summed E-state index contributed by atoms with van der Waals surface area (Å²) >= 11 is 0. The van der Waals surface area contributed by atoms with Crippen molar-refractivity contribution in [2.75, 3.05) is 0 Å². The van der Waals surface area contributed by atoms with Gasteiger partial charge in [0.15, 0.2) is 0 Å². The van der Waals surface area contributed by atoms with Crippen molar-refractivity contribution < 1.29 is 44.6 Å². The average Bonchev–Trinajstić information content (AvgIpc) is 2.40. The third-order valence-corrected chi connectivity index (χ3v) is 3.59. The SMILES string of the molecule is CCCCCCCCC(O)CC(F)(F)C(F)(F)C(F)(F)C(F)(F)F. The zero-order chi connectivity index (χ0) is 19.2. The van der Waals surface area contributed by atoms with E-state index < -0.39 is 36.5 Å². The second-order valence-electron chi connectivity index (χ2n) is 5.77. The van der Waals surface area contributed by atoms with Crippen LogP contribution in [0, 0.1) is 0 Å². The second kappa shape index (κ2) is 8.62. The van der Waals surface area contributed by atoms with Crippen molar-refractivity contribution in [2.24, 2.45) is 0 Å². The molecule has 1 N–H and O–H groups in total. The van der Waals surface area contributed by atoms with Gasteiger partial charge in [-0.3, -0.25) is 0 Å². The number of hydrogen-bond donors (Lipinski definition) is 1. The van der Waals surface area contributed by atoms with Gasteiger partial charge in [0.2, 0.25) is 0 Å². The Balaban J connectivity index is 4.65. The van der Waals surface area contributed by atoms with Gasteiger partial charge in [-0.2, -0.15) is 39.5 Å². The molecule has 1 nitrogen and oxygen atoms in total. The van der Waals surface area contributed by atoms with Crippen LogP contribution in [-0.4, -0.2) is 35.2 Å². The van der Waals surface area contributed by atoms with Crippen molar-refractivity contribution >= 4 is 0 Å². The quantitative estimate of drug-likeness (QED) is 0.349. The molecule has 0 saturated carbocycles. The molecule has 1 unspecified atom stereocenters. The van der Waals surface area contributed by atoms with Gasteiger partial charge in [-0.1, -0.05) is 45.4 Å². The summed E-state index contributed by atoms with van der Waals surface area (Å²) in [5.41, 5.74) is 0. The second-order valence-corrected chi connectivity index (χ2v) is 5.77. The fourth-order valence-corrected chi connectivity index (χ4v) is 2.09. The number of alkyl halides is 9. The third-order valence-electron chi connectivity index (χ3n) is 3.59. The van der Waals surface area contributed by atoms with Crippen LogP contribution in [0.1, 0.15) is 58.3 Å². The first kappa shape index (κ1) is 23.3. The molecule has 0 aromatic rings. The van der Waals surface area contributed by atoms with Crippen molar-refractivity contribution in [1.82, 2.24) is 0 Å². The molecule has 0 fully saturated rings. The Morgan fingerprint density at radius 3 is 1.62 bits per heavy atom. The first-order valence-electron chi connectivity index (χ1n) is 7.59. The molecular weight excluding hydrogens is 355 g/mol. The molecule has 0 bridgehead atoms. The summed E-state index contributed by atoms with van der Waals surface area (Å²) in [4.78, 5) is 0. The molecule has 0 spiro atoms. The molecule has 146 valence electrons. The number of halogens is 9. The third kappa shape index (κ3) is 5.70. The Morgan fingerprint density at radius 2 is 1.17 bits per heavy atom. The Morgan fingerprint density at radius 1 is 0.708 bits per heavy atom. The van der Waals surface area contributed by atoms with Crippen LogP contribution in [0.5, 0.6) is 0 Å². The molecule has 0 rings (SSSR count). The molecule has 0 aliphatic rings. The van der Waals surface area contributed by atoms with Crippen LogP contribution in [0.2, 0.25) is 0 Å². The summed E-state index contributed by atoms with van der Waals surface area (Å²) in [7, 11) is 0. The predicted molar refractivity (Wildman–Crippen MR) is 69.5 cm³/mol.